The summed E-state index contributed by atoms with van der Waals surface area (Å²) in [7, 11) is 0. The van der Waals surface area contributed by atoms with E-state index >= 15 is 0 Å². The van der Waals surface area contributed by atoms with Gasteiger partial charge in [0.2, 0.25) is 5.91 Å². The number of carbonyl (C=O) groups excluding carboxylic acids is 1. The van der Waals surface area contributed by atoms with Gasteiger partial charge in [0, 0.05) is 19.6 Å². The minimum atomic E-state index is -4.35. The maximum absolute atomic E-state index is 11.8. The van der Waals surface area contributed by atoms with E-state index in [1.54, 1.807) is 4.90 Å². The van der Waals surface area contributed by atoms with Crippen molar-refractivity contribution in [2.24, 2.45) is 5.73 Å². The van der Waals surface area contributed by atoms with Crippen LogP contribution in [0.15, 0.2) is 0 Å². The third-order valence-electron chi connectivity index (χ3n) is 2.26. The van der Waals surface area contributed by atoms with E-state index in [1.165, 1.54) is 0 Å². The first kappa shape index (κ1) is 17.2. The van der Waals surface area contributed by atoms with Gasteiger partial charge in [-0.3, -0.25) is 4.79 Å². The molecule has 0 aliphatic carbocycles. The maximum atomic E-state index is 11.8. The molecule has 108 valence electrons. The molecule has 0 saturated heterocycles. The second-order valence-corrected chi connectivity index (χ2v) is 3.94. The summed E-state index contributed by atoms with van der Waals surface area (Å²) in [5.41, 5.74) is 5.38. The van der Waals surface area contributed by atoms with Crippen LogP contribution in [-0.4, -0.2) is 49.8 Å². The van der Waals surface area contributed by atoms with Gasteiger partial charge >= 0.3 is 6.18 Å². The van der Waals surface area contributed by atoms with Gasteiger partial charge in [-0.25, -0.2) is 0 Å². The maximum Gasteiger partial charge on any atom is 0.411 e. The SMILES string of the molecule is CCCCN(CCN)C(=O)CCOCC(F)(F)F. The van der Waals surface area contributed by atoms with Crippen LogP contribution < -0.4 is 5.73 Å². The molecule has 0 heterocycles. The number of hydrogen-bond donors (Lipinski definition) is 1. The molecule has 18 heavy (non-hydrogen) atoms. The molecule has 0 saturated carbocycles. The van der Waals surface area contributed by atoms with Gasteiger partial charge in [-0.05, 0) is 6.42 Å². The van der Waals surface area contributed by atoms with Crippen LogP contribution in [0.3, 0.4) is 0 Å². The zero-order chi connectivity index (χ0) is 14.0. The number of halogens is 3. The molecule has 0 aliphatic heterocycles. The molecule has 0 unspecified atom stereocenters. The summed E-state index contributed by atoms with van der Waals surface area (Å²) < 4.78 is 39.8. The van der Waals surface area contributed by atoms with E-state index in [9.17, 15) is 18.0 Å². The second-order valence-electron chi connectivity index (χ2n) is 3.94. The first-order valence-electron chi connectivity index (χ1n) is 6.03. The third-order valence-corrected chi connectivity index (χ3v) is 2.26. The Morgan fingerprint density at radius 2 is 2.00 bits per heavy atom. The van der Waals surface area contributed by atoms with Crippen LogP contribution >= 0.6 is 0 Å². The van der Waals surface area contributed by atoms with E-state index in [4.69, 9.17) is 5.73 Å². The quantitative estimate of drug-likeness (QED) is 0.647. The van der Waals surface area contributed by atoms with Crippen molar-refractivity contribution < 1.29 is 22.7 Å². The summed E-state index contributed by atoms with van der Waals surface area (Å²) in [6.45, 7) is 1.83. The summed E-state index contributed by atoms with van der Waals surface area (Å²) >= 11 is 0. The summed E-state index contributed by atoms with van der Waals surface area (Å²) in [6.07, 6.45) is -2.59. The molecule has 0 spiro atoms. The Labute approximate surface area is 105 Å². The van der Waals surface area contributed by atoms with Crippen molar-refractivity contribution in [3.05, 3.63) is 0 Å². The Balaban J connectivity index is 3.87. The highest BCUT2D eigenvalue weighted by Crippen LogP contribution is 2.14. The largest absolute Gasteiger partial charge is 0.411 e. The average molecular weight is 270 g/mol. The summed E-state index contributed by atoms with van der Waals surface area (Å²) in [4.78, 5) is 13.2. The molecular formula is C11H21F3N2O2. The van der Waals surface area contributed by atoms with E-state index in [0.717, 1.165) is 12.8 Å². The smallest absolute Gasteiger partial charge is 0.372 e. The van der Waals surface area contributed by atoms with Gasteiger partial charge in [0.05, 0.1) is 13.0 Å². The number of alkyl halides is 3. The highest BCUT2D eigenvalue weighted by atomic mass is 19.4. The molecule has 2 N–H and O–H groups in total. The molecular weight excluding hydrogens is 249 g/mol. The minimum absolute atomic E-state index is 0.0419. The molecule has 0 aliphatic rings. The van der Waals surface area contributed by atoms with Crippen molar-refractivity contribution in [2.45, 2.75) is 32.4 Å². The van der Waals surface area contributed by atoms with Gasteiger partial charge in [0.1, 0.15) is 6.61 Å². The van der Waals surface area contributed by atoms with Crippen molar-refractivity contribution in [2.75, 3.05) is 32.8 Å². The Hall–Kier alpha value is -0.820. The molecule has 7 heteroatoms. The van der Waals surface area contributed by atoms with Gasteiger partial charge < -0.3 is 15.4 Å². The number of hydrogen-bond acceptors (Lipinski definition) is 3. The summed E-state index contributed by atoms with van der Waals surface area (Å²) in [6, 6.07) is 0. The number of carbonyl (C=O) groups is 1. The highest BCUT2D eigenvalue weighted by molar-refractivity contribution is 5.76. The Morgan fingerprint density at radius 3 is 2.50 bits per heavy atom. The first-order chi connectivity index (χ1) is 8.40. The van der Waals surface area contributed by atoms with Crippen LogP contribution in [0, 0.1) is 0 Å². The van der Waals surface area contributed by atoms with Gasteiger partial charge in [-0.1, -0.05) is 13.3 Å². The molecule has 0 bridgehead atoms. The summed E-state index contributed by atoms with van der Waals surface area (Å²) in [5.74, 6) is -0.212. The van der Waals surface area contributed by atoms with Crippen LogP contribution in [0.5, 0.6) is 0 Å². The van der Waals surface area contributed by atoms with Crippen molar-refractivity contribution in [1.82, 2.24) is 4.90 Å². The predicted octanol–water partition coefficient (Wildman–Crippen LogP) is 1.54. The van der Waals surface area contributed by atoms with Gasteiger partial charge in [0.25, 0.3) is 0 Å². The van der Waals surface area contributed by atoms with Gasteiger partial charge in [-0.2, -0.15) is 13.2 Å². The van der Waals surface area contributed by atoms with Crippen LogP contribution in [-0.2, 0) is 9.53 Å². The lowest BCUT2D eigenvalue weighted by atomic mass is 10.3. The topological polar surface area (TPSA) is 55.6 Å². The lowest BCUT2D eigenvalue weighted by Crippen LogP contribution is -2.36. The third kappa shape index (κ3) is 9.23. The molecule has 0 fully saturated rings. The number of unbranched alkanes of at least 4 members (excludes halogenated alkanes) is 1. The van der Waals surface area contributed by atoms with Crippen molar-refractivity contribution in [1.29, 1.82) is 0 Å². The highest BCUT2D eigenvalue weighted by Gasteiger charge is 2.27. The van der Waals surface area contributed by atoms with E-state index in [0.29, 0.717) is 19.6 Å². The fourth-order valence-corrected chi connectivity index (χ4v) is 1.37. The standard InChI is InChI=1S/C11H21F3N2O2/c1-2-3-6-16(7-5-15)10(17)4-8-18-9-11(12,13)14/h2-9,15H2,1H3. The molecule has 0 aromatic rings. The minimum Gasteiger partial charge on any atom is -0.372 e. The second kappa shape index (κ2) is 9.16. The number of ether oxygens (including phenoxy) is 1. The Morgan fingerprint density at radius 1 is 1.33 bits per heavy atom. The van der Waals surface area contributed by atoms with Crippen LogP contribution in [0.25, 0.3) is 0 Å². The zero-order valence-corrected chi connectivity index (χ0v) is 10.6. The number of rotatable bonds is 9. The molecule has 0 aromatic carbocycles. The lowest BCUT2D eigenvalue weighted by molar-refractivity contribution is -0.175. The molecule has 0 atom stereocenters. The first-order valence-corrected chi connectivity index (χ1v) is 6.03. The van der Waals surface area contributed by atoms with E-state index < -0.39 is 12.8 Å². The van der Waals surface area contributed by atoms with Crippen molar-refractivity contribution >= 4 is 5.91 Å². The Bertz CT molecular complexity index is 235. The van der Waals surface area contributed by atoms with Crippen molar-refractivity contribution in [3.8, 4) is 0 Å². The van der Waals surface area contributed by atoms with Crippen LogP contribution in [0.4, 0.5) is 13.2 Å². The predicted molar refractivity (Wildman–Crippen MR) is 62.0 cm³/mol. The van der Waals surface area contributed by atoms with Crippen LogP contribution in [0.1, 0.15) is 26.2 Å². The fraction of sp³-hybridized carbons (Fsp3) is 0.909. The molecule has 4 nitrogen and oxygen atoms in total. The molecule has 0 rings (SSSR count). The van der Waals surface area contributed by atoms with Crippen LogP contribution in [0.2, 0.25) is 0 Å². The van der Waals surface area contributed by atoms with E-state index in [-0.39, 0.29) is 18.9 Å². The Kier molecular flexibility index (Phi) is 8.74. The zero-order valence-electron chi connectivity index (χ0n) is 10.6. The summed E-state index contributed by atoms with van der Waals surface area (Å²) in [5, 5.41) is 0. The molecule has 0 radical (unpaired) electrons. The van der Waals surface area contributed by atoms with Gasteiger partial charge in [-0.15, -0.1) is 0 Å². The molecule has 0 aromatic heterocycles. The fourth-order valence-electron chi connectivity index (χ4n) is 1.37. The number of amides is 1. The lowest BCUT2D eigenvalue weighted by Gasteiger charge is -2.21. The van der Waals surface area contributed by atoms with E-state index in [1.807, 2.05) is 6.92 Å². The van der Waals surface area contributed by atoms with E-state index in [2.05, 4.69) is 4.74 Å². The number of nitrogens with zero attached hydrogens (tertiary/aromatic N) is 1. The van der Waals surface area contributed by atoms with Crippen molar-refractivity contribution in [3.63, 3.8) is 0 Å². The normalized spacial score (nSPS) is 11.6. The monoisotopic (exact) mass is 270 g/mol. The average Bonchev–Trinajstić information content (AvgIpc) is 2.28. The number of nitrogens with two attached hydrogens (primary N) is 1. The van der Waals surface area contributed by atoms with Gasteiger partial charge in [0.15, 0.2) is 0 Å². The molecule has 1 amide bonds.